The Bertz CT molecular complexity index is 1570. The molecule has 10 heteroatoms. The molecule has 0 heterocycles. The van der Waals surface area contributed by atoms with Gasteiger partial charge in [0, 0.05) is 5.41 Å². The van der Waals surface area contributed by atoms with Crippen molar-refractivity contribution >= 4 is 29.8 Å². The maximum atomic E-state index is 12.1. The van der Waals surface area contributed by atoms with Gasteiger partial charge in [-0.15, -0.1) is 0 Å². The largest absolute Gasteiger partial charge is 0.459 e. The summed E-state index contributed by atoms with van der Waals surface area (Å²) in [4.78, 5) is 59.5. The predicted octanol–water partition coefficient (Wildman–Crippen LogP) is 20.9. The van der Waals surface area contributed by atoms with Gasteiger partial charge in [-0.1, -0.05) is 227 Å². The second-order valence-corrected chi connectivity index (χ2v) is 25.6. The van der Waals surface area contributed by atoms with Gasteiger partial charge in [-0.2, -0.15) is 0 Å². The third-order valence-corrected chi connectivity index (χ3v) is 18.9. The van der Waals surface area contributed by atoms with Crippen LogP contribution >= 0.6 is 0 Å². The molecule has 0 saturated carbocycles. The fourth-order valence-electron chi connectivity index (χ4n) is 10.2. The van der Waals surface area contributed by atoms with Crippen molar-refractivity contribution in [1.82, 2.24) is 0 Å². The Morgan fingerprint density at radius 3 is 0.838 bits per heavy atom. The molecule has 0 aromatic heterocycles. The second kappa shape index (κ2) is 43.9. The van der Waals surface area contributed by atoms with E-state index in [1.807, 2.05) is 69.2 Å². The van der Waals surface area contributed by atoms with Crippen LogP contribution < -0.4 is 0 Å². The fraction of sp³-hybridized carbons (Fsp3) is 0.929. The normalized spacial score (nSPS) is 15.6. The van der Waals surface area contributed by atoms with Crippen molar-refractivity contribution in [2.75, 3.05) is 0 Å². The highest BCUT2D eigenvalue weighted by Crippen LogP contribution is 2.43. The van der Waals surface area contributed by atoms with Gasteiger partial charge in [-0.25, -0.2) is 0 Å². The summed E-state index contributed by atoms with van der Waals surface area (Å²) in [5, 5.41) is 0. The molecule has 8 unspecified atom stereocenters. The lowest BCUT2D eigenvalue weighted by molar-refractivity contribution is -0.188. The Hall–Kier alpha value is -2.65. The first-order valence-corrected chi connectivity index (χ1v) is 33.1. The number of carbonyl (C=O) groups excluding carboxylic acids is 5. The summed E-state index contributed by atoms with van der Waals surface area (Å²) in [7, 11) is 0. The molecule has 0 aliphatic carbocycles. The summed E-state index contributed by atoms with van der Waals surface area (Å²) in [6, 6.07) is 0. The average Bonchev–Trinajstić information content (AvgIpc) is 3.44. The molecule has 80 heavy (non-hydrogen) atoms. The molecular formula is C70H140O10. The lowest BCUT2D eigenvalue weighted by atomic mass is 9.68. The quantitative estimate of drug-likeness (QED) is 0.0462. The van der Waals surface area contributed by atoms with Crippen LogP contribution in [-0.2, 0) is 47.7 Å². The van der Waals surface area contributed by atoms with Gasteiger partial charge in [0.05, 0.1) is 29.6 Å². The highest BCUT2D eigenvalue weighted by atomic mass is 16.6. The van der Waals surface area contributed by atoms with Crippen LogP contribution in [0.25, 0.3) is 0 Å². The summed E-state index contributed by atoms with van der Waals surface area (Å²) in [5.74, 6) is 1.36. The lowest BCUT2D eigenvalue weighted by Gasteiger charge is -2.47. The SMILES string of the molecule is CCC(C)C(=O)OC(CC)(C(C)C)C(C)(C)C.CCC(C)C(=O)OC(CC)(CC)C(C)C.CCC(C)C(=O)OC(CC)(CC)C(C)CC.CCCC(CC)(OC(=O)C(C)CC)C(C)C.CCCCC(CC)(CC)OC(=O)C(C)CC. The zero-order valence-electron chi connectivity index (χ0n) is 59.2. The maximum absolute atomic E-state index is 12.1. The molecule has 0 aliphatic heterocycles. The van der Waals surface area contributed by atoms with Crippen molar-refractivity contribution < 1.29 is 47.7 Å². The second-order valence-electron chi connectivity index (χ2n) is 25.6. The van der Waals surface area contributed by atoms with Gasteiger partial charge in [0.2, 0.25) is 0 Å². The first kappa shape index (κ1) is 86.1. The first-order valence-electron chi connectivity index (χ1n) is 33.1. The summed E-state index contributed by atoms with van der Waals surface area (Å²) >= 11 is 0. The monoisotopic (exact) mass is 1140 g/mol. The number of carbonyl (C=O) groups is 5. The smallest absolute Gasteiger partial charge is 0.309 e. The van der Waals surface area contributed by atoms with E-state index in [4.69, 9.17) is 23.7 Å². The number of rotatable bonds is 33. The summed E-state index contributed by atoms with van der Waals surface area (Å²) < 4.78 is 29.0. The van der Waals surface area contributed by atoms with E-state index in [-0.39, 0.29) is 92.9 Å². The van der Waals surface area contributed by atoms with Gasteiger partial charge in [-0.3, -0.25) is 24.0 Å². The standard InChI is InChI=1S/C15H30O2.3C14H28O2.C13H26O2/c1-9-12(5)13(16)17-15(10-2,11(3)4)14(6,7)8;1-7-10-14(9-3,11(4)5)16-13(15)12(6)8-2;1-7-11(5)13(15)16-14(9-3,10-4)12(6)8-2;1-6-10-11-14(8-3,9-4)16-13(15)12(5)7-2;1-7-11(6)12(14)15-13(8-2,9-3)10(4)5/h11-12H,9-10H2,1-8H3;2*11-12H,7-10H2,1-6H3;12H,6-11H2,1-5H3;10-11H,7-9H2,1-6H3. The highest BCUT2D eigenvalue weighted by Gasteiger charge is 2.47. The van der Waals surface area contributed by atoms with Gasteiger partial charge in [0.15, 0.2) is 0 Å². The maximum Gasteiger partial charge on any atom is 0.309 e. The van der Waals surface area contributed by atoms with Crippen molar-refractivity contribution in [2.24, 2.45) is 58.7 Å². The third kappa shape index (κ3) is 28.8. The van der Waals surface area contributed by atoms with E-state index in [1.165, 1.54) is 0 Å². The minimum absolute atomic E-state index is 0.0120. The van der Waals surface area contributed by atoms with E-state index in [1.54, 1.807) is 0 Å². The van der Waals surface area contributed by atoms with Crippen LogP contribution in [0, 0.1) is 58.7 Å². The Balaban J connectivity index is -0.000000293. The predicted molar refractivity (Wildman–Crippen MR) is 342 cm³/mol. The molecule has 0 saturated heterocycles. The van der Waals surface area contributed by atoms with Crippen LogP contribution in [0.15, 0.2) is 0 Å². The molecule has 10 nitrogen and oxygen atoms in total. The summed E-state index contributed by atoms with van der Waals surface area (Å²) in [6.45, 7) is 64.6. The van der Waals surface area contributed by atoms with Gasteiger partial charge in [0.1, 0.15) is 28.0 Å². The van der Waals surface area contributed by atoms with E-state index < -0.39 is 0 Å². The number of unbranched alkanes of at least 4 members (excludes halogenated alkanes) is 1. The van der Waals surface area contributed by atoms with Gasteiger partial charge < -0.3 is 23.7 Å². The molecule has 480 valence electrons. The van der Waals surface area contributed by atoms with E-state index >= 15 is 0 Å². The van der Waals surface area contributed by atoms with Crippen molar-refractivity contribution in [3.05, 3.63) is 0 Å². The first-order chi connectivity index (χ1) is 37.0. The molecule has 0 N–H and O–H groups in total. The van der Waals surface area contributed by atoms with Crippen LogP contribution in [-0.4, -0.2) is 57.9 Å². The minimum Gasteiger partial charge on any atom is -0.459 e. The average molecular weight is 1140 g/mol. The molecule has 8 atom stereocenters. The van der Waals surface area contributed by atoms with Gasteiger partial charge >= 0.3 is 29.8 Å². The molecule has 0 aliphatic rings. The number of hydrogen-bond acceptors (Lipinski definition) is 10. The Morgan fingerprint density at radius 1 is 0.312 bits per heavy atom. The fourth-order valence-corrected chi connectivity index (χ4v) is 10.2. The molecule has 0 fully saturated rings. The molecule has 0 rings (SSSR count). The van der Waals surface area contributed by atoms with Crippen molar-refractivity contribution in [3.8, 4) is 0 Å². The minimum atomic E-state index is -0.368. The Labute approximate surface area is 498 Å². The van der Waals surface area contributed by atoms with E-state index in [9.17, 15) is 24.0 Å². The van der Waals surface area contributed by atoms with E-state index in [0.717, 1.165) is 122 Å². The van der Waals surface area contributed by atoms with Crippen molar-refractivity contribution in [1.29, 1.82) is 0 Å². The number of hydrogen-bond donors (Lipinski definition) is 0. The van der Waals surface area contributed by atoms with Crippen LogP contribution in [0.5, 0.6) is 0 Å². The van der Waals surface area contributed by atoms with Gasteiger partial charge in [-0.05, 0) is 133 Å². The molecule has 0 amide bonds. The van der Waals surface area contributed by atoms with Crippen LogP contribution in [0.4, 0.5) is 0 Å². The molecule has 0 aromatic carbocycles. The van der Waals surface area contributed by atoms with Crippen LogP contribution in [0.2, 0.25) is 0 Å². The lowest BCUT2D eigenvalue weighted by Crippen LogP contribution is -2.51. The molecule has 0 radical (unpaired) electrons. The van der Waals surface area contributed by atoms with E-state index in [0.29, 0.717) is 23.7 Å². The molecular weight excluding hydrogens is 1000 g/mol. The zero-order valence-corrected chi connectivity index (χ0v) is 59.2. The summed E-state index contributed by atoms with van der Waals surface area (Å²) in [6.07, 6.45) is 17.8. The zero-order chi connectivity index (χ0) is 64.1. The number of ether oxygens (including phenoxy) is 5. The Kier molecular flexibility index (Phi) is 47.3. The van der Waals surface area contributed by atoms with Crippen molar-refractivity contribution in [3.63, 3.8) is 0 Å². The van der Waals surface area contributed by atoms with Gasteiger partial charge in [0.25, 0.3) is 0 Å². The molecule has 0 spiro atoms. The molecule has 0 bridgehead atoms. The topological polar surface area (TPSA) is 132 Å². The van der Waals surface area contributed by atoms with Crippen LogP contribution in [0.3, 0.4) is 0 Å². The third-order valence-electron chi connectivity index (χ3n) is 18.9. The van der Waals surface area contributed by atoms with Crippen LogP contribution in [0.1, 0.15) is 337 Å². The summed E-state index contributed by atoms with van der Waals surface area (Å²) in [5.41, 5.74) is -1.39. The van der Waals surface area contributed by atoms with E-state index in [2.05, 4.69) is 145 Å². The molecule has 0 aromatic rings. The highest BCUT2D eigenvalue weighted by molar-refractivity contribution is 5.74. The number of esters is 5. The Morgan fingerprint density at radius 2 is 0.613 bits per heavy atom. The van der Waals surface area contributed by atoms with Crippen molar-refractivity contribution in [2.45, 2.75) is 365 Å².